The van der Waals surface area contributed by atoms with Crippen molar-refractivity contribution in [2.75, 3.05) is 0 Å². The van der Waals surface area contributed by atoms with Crippen LogP contribution in [0, 0.1) is 11.8 Å². The third-order valence-electron chi connectivity index (χ3n) is 6.54. The van der Waals surface area contributed by atoms with Gasteiger partial charge in [-0.25, -0.2) is 0 Å². The minimum absolute atomic E-state index is 0.0869. The van der Waals surface area contributed by atoms with E-state index in [2.05, 4.69) is 5.32 Å². The minimum Gasteiger partial charge on any atom is -0.480 e. The summed E-state index contributed by atoms with van der Waals surface area (Å²) >= 11 is 0. The van der Waals surface area contributed by atoms with Gasteiger partial charge in [-0.05, 0) is 25.3 Å². The van der Waals surface area contributed by atoms with Crippen molar-refractivity contribution in [1.29, 1.82) is 0 Å². The number of aliphatic carboxylic acids is 1. The lowest BCUT2D eigenvalue weighted by Gasteiger charge is -2.32. The van der Waals surface area contributed by atoms with Gasteiger partial charge in [0, 0.05) is 12.1 Å². The van der Waals surface area contributed by atoms with Gasteiger partial charge in [-0.1, -0.05) is 61.7 Å². The van der Waals surface area contributed by atoms with Crippen LogP contribution >= 0.6 is 0 Å². The third-order valence-corrected chi connectivity index (χ3v) is 6.54. The summed E-state index contributed by atoms with van der Waals surface area (Å²) in [5.41, 5.74) is -0.488. The summed E-state index contributed by atoms with van der Waals surface area (Å²) in [6.07, 6.45) is 8.47. The Bertz CT molecular complexity index is 815. The van der Waals surface area contributed by atoms with Crippen molar-refractivity contribution in [2.24, 2.45) is 11.8 Å². The molecule has 6 heteroatoms. The number of carboxylic acids is 1. The highest BCUT2D eigenvalue weighted by Crippen LogP contribution is 2.45. The summed E-state index contributed by atoms with van der Waals surface area (Å²) in [4.78, 5) is 39.9. The van der Waals surface area contributed by atoms with Crippen LogP contribution in [0.4, 0.5) is 0 Å². The first-order valence-electron chi connectivity index (χ1n) is 10.0. The van der Waals surface area contributed by atoms with E-state index in [0.717, 1.165) is 37.7 Å². The summed E-state index contributed by atoms with van der Waals surface area (Å²) in [6, 6.07) is 9.06. The van der Waals surface area contributed by atoms with Gasteiger partial charge in [-0.2, -0.15) is 0 Å². The van der Waals surface area contributed by atoms with Gasteiger partial charge in [0.15, 0.2) is 0 Å². The SMILES string of the molecule is CC1(C(=O)O)NC(/C=C/c2ccccc2)C2C(=O)N(C3CCCCC3)C(=O)C21. The zero-order valence-corrected chi connectivity index (χ0v) is 16.0. The monoisotopic (exact) mass is 382 g/mol. The number of nitrogens with zero attached hydrogens (tertiary/aromatic N) is 1. The Morgan fingerprint density at radius 3 is 2.46 bits per heavy atom. The smallest absolute Gasteiger partial charge is 0.324 e. The number of nitrogens with one attached hydrogen (secondary N) is 1. The van der Waals surface area contributed by atoms with E-state index in [1.165, 1.54) is 11.8 Å². The largest absolute Gasteiger partial charge is 0.480 e. The molecule has 1 aliphatic carbocycles. The summed E-state index contributed by atoms with van der Waals surface area (Å²) in [6.45, 7) is 1.53. The quantitative estimate of drug-likeness (QED) is 0.781. The molecule has 3 fully saturated rings. The van der Waals surface area contributed by atoms with Crippen LogP contribution in [-0.2, 0) is 14.4 Å². The second-order valence-electron chi connectivity index (χ2n) is 8.29. The number of carboxylic acid groups (broad SMARTS) is 1. The molecule has 0 radical (unpaired) electrons. The number of carbonyl (C=O) groups excluding carboxylic acids is 2. The number of fused-ring (bicyclic) bond motifs is 1. The van der Waals surface area contributed by atoms with Gasteiger partial charge in [0.1, 0.15) is 5.54 Å². The van der Waals surface area contributed by atoms with E-state index >= 15 is 0 Å². The number of amides is 2. The summed E-state index contributed by atoms with van der Waals surface area (Å²) in [5.74, 6) is -3.18. The molecule has 0 spiro atoms. The fourth-order valence-corrected chi connectivity index (χ4v) is 5.05. The normalized spacial score (nSPS) is 33.6. The van der Waals surface area contributed by atoms with E-state index in [9.17, 15) is 19.5 Å². The zero-order valence-electron chi connectivity index (χ0n) is 16.0. The zero-order chi connectivity index (χ0) is 19.9. The fraction of sp³-hybridized carbons (Fsp3) is 0.500. The summed E-state index contributed by atoms with van der Waals surface area (Å²) in [7, 11) is 0. The van der Waals surface area contributed by atoms with E-state index in [0.29, 0.717) is 0 Å². The van der Waals surface area contributed by atoms with Gasteiger partial charge in [0.25, 0.3) is 0 Å². The van der Waals surface area contributed by atoms with E-state index in [1.807, 2.05) is 42.5 Å². The van der Waals surface area contributed by atoms with E-state index in [4.69, 9.17) is 0 Å². The number of hydrogen-bond acceptors (Lipinski definition) is 4. The Morgan fingerprint density at radius 2 is 1.82 bits per heavy atom. The van der Waals surface area contributed by atoms with E-state index < -0.39 is 29.4 Å². The number of rotatable bonds is 4. The van der Waals surface area contributed by atoms with Gasteiger partial charge in [0.2, 0.25) is 11.8 Å². The predicted molar refractivity (Wildman–Crippen MR) is 104 cm³/mol. The van der Waals surface area contributed by atoms with E-state index in [1.54, 1.807) is 0 Å². The first-order valence-corrected chi connectivity index (χ1v) is 10.0. The van der Waals surface area contributed by atoms with Crippen LogP contribution in [0.1, 0.15) is 44.6 Å². The molecule has 4 atom stereocenters. The average Bonchev–Trinajstić information content (AvgIpc) is 3.15. The molecule has 2 aliphatic heterocycles. The van der Waals surface area contributed by atoms with Crippen LogP contribution in [-0.4, -0.2) is 45.4 Å². The maximum absolute atomic E-state index is 13.3. The van der Waals surface area contributed by atoms with Gasteiger partial charge in [-0.3, -0.25) is 24.6 Å². The molecule has 1 aromatic carbocycles. The predicted octanol–water partition coefficient (Wildman–Crippen LogP) is 2.45. The van der Waals surface area contributed by atoms with Crippen molar-refractivity contribution in [2.45, 2.75) is 56.7 Å². The number of imide groups is 1. The van der Waals surface area contributed by atoms with Crippen LogP contribution in [0.5, 0.6) is 0 Å². The van der Waals surface area contributed by atoms with Crippen molar-refractivity contribution >= 4 is 23.9 Å². The van der Waals surface area contributed by atoms with Crippen molar-refractivity contribution in [3.05, 3.63) is 42.0 Å². The molecule has 3 aliphatic rings. The first kappa shape index (κ1) is 18.9. The topological polar surface area (TPSA) is 86.7 Å². The second kappa shape index (κ2) is 7.17. The third kappa shape index (κ3) is 2.96. The maximum Gasteiger partial charge on any atom is 0.324 e. The molecular formula is C22H26N2O4. The van der Waals surface area contributed by atoms with Gasteiger partial charge in [-0.15, -0.1) is 0 Å². The lowest BCUT2D eigenvalue weighted by molar-refractivity contribution is -0.151. The standard InChI is InChI=1S/C22H26N2O4/c1-22(21(27)28)18-17(16(23-22)13-12-14-8-4-2-5-9-14)19(25)24(20(18)26)15-10-6-3-7-11-15/h2,4-5,8-9,12-13,15-18,23H,3,6-7,10-11H2,1H3,(H,27,28)/b13-12+. The van der Waals surface area contributed by atoms with Crippen LogP contribution in [0.2, 0.25) is 0 Å². The van der Waals surface area contributed by atoms with Crippen LogP contribution in [0.15, 0.2) is 36.4 Å². The molecule has 0 aromatic heterocycles. The number of hydrogen-bond donors (Lipinski definition) is 2. The Hall–Kier alpha value is -2.47. The molecule has 2 amide bonds. The highest BCUT2D eigenvalue weighted by atomic mass is 16.4. The van der Waals surface area contributed by atoms with E-state index in [-0.39, 0.29) is 17.9 Å². The molecular weight excluding hydrogens is 356 g/mol. The van der Waals surface area contributed by atoms with Gasteiger partial charge >= 0.3 is 5.97 Å². The van der Waals surface area contributed by atoms with Crippen LogP contribution < -0.4 is 5.32 Å². The average molecular weight is 382 g/mol. The van der Waals surface area contributed by atoms with Crippen molar-refractivity contribution in [1.82, 2.24) is 10.2 Å². The molecule has 6 nitrogen and oxygen atoms in total. The maximum atomic E-state index is 13.3. The summed E-state index contributed by atoms with van der Waals surface area (Å²) < 4.78 is 0. The molecule has 0 bridgehead atoms. The Kier molecular flexibility index (Phi) is 4.83. The van der Waals surface area contributed by atoms with Gasteiger partial charge < -0.3 is 5.11 Å². The van der Waals surface area contributed by atoms with Crippen LogP contribution in [0.25, 0.3) is 6.08 Å². The Balaban J connectivity index is 1.67. The molecule has 28 heavy (non-hydrogen) atoms. The highest BCUT2D eigenvalue weighted by Gasteiger charge is 2.66. The van der Waals surface area contributed by atoms with Gasteiger partial charge in [0.05, 0.1) is 11.8 Å². The lowest BCUT2D eigenvalue weighted by atomic mass is 9.81. The number of carbonyl (C=O) groups is 3. The molecule has 2 saturated heterocycles. The molecule has 1 aromatic rings. The van der Waals surface area contributed by atoms with Crippen molar-refractivity contribution in [3.8, 4) is 0 Å². The molecule has 2 N–H and O–H groups in total. The number of benzene rings is 1. The molecule has 148 valence electrons. The molecule has 4 unspecified atom stereocenters. The minimum atomic E-state index is -1.45. The lowest BCUT2D eigenvalue weighted by Crippen LogP contribution is -2.55. The molecule has 1 saturated carbocycles. The second-order valence-corrected chi connectivity index (χ2v) is 8.29. The molecule has 2 heterocycles. The summed E-state index contributed by atoms with van der Waals surface area (Å²) in [5, 5.41) is 12.9. The first-order chi connectivity index (χ1) is 13.4. The highest BCUT2D eigenvalue weighted by molar-refractivity contribution is 6.09. The van der Waals surface area contributed by atoms with Crippen molar-refractivity contribution in [3.63, 3.8) is 0 Å². The Morgan fingerprint density at radius 1 is 1.14 bits per heavy atom. The molecule has 4 rings (SSSR count). The van der Waals surface area contributed by atoms with Crippen molar-refractivity contribution < 1.29 is 19.5 Å². The van der Waals surface area contributed by atoms with Crippen LogP contribution in [0.3, 0.4) is 0 Å². The Labute approximate surface area is 164 Å². The number of likely N-dealkylation sites (tertiary alicyclic amines) is 1. The fourth-order valence-electron chi connectivity index (χ4n) is 5.05.